The third-order valence-corrected chi connectivity index (χ3v) is 3.26. The van der Waals surface area contributed by atoms with Crippen molar-refractivity contribution in [2.45, 2.75) is 6.42 Å². The molecule has 0 unspecified atom stereocenters. The molecule has 0 fully saturated rings. The van der Waals surface area contributed by atoms with Gasteiger partial charge in [-0.1, -0.05) is 0 Å². The summed E-state index contributed by atoms with van der Waals surface area (Å²) in [6.07, 6.45) is 0.624. The second-order valence-electron chi connectivity index (χ2n) is 3.89. The first-order valence-corrected chi connectivity index (χ1v) is 6.20. The van der Waals surface area contributed by atoms with E-state index in [9.17, 15) is 8.78 Å². The highest BCUT2D eigenvalue weighted by molar-refractivity contribution is 9.10. The molecule has 3 nitrogen and oxygen atoms in total. The van der Waals surface area contributed by atoms with E-state index < -0.39 is 11.6 Å². The number of hydrogen-bond donors (Lipinski definition) is 1. The Hall–Kier alpha value is -1.27. The first kappa shape index (κ1) is 13.2. The molecule has 1 heterocycles. The van der Waals surface area contributed by atoms with Gasteiger partial charge in [0.1, 0.15) is 10.4 Å². The van der Waals surface area contributed by atoms with Gasteiger partial charge in [0.2, 0.25) is 0 Å². The molecule has 0 amide bonds. The van der Waals surface area contributed by atoms with Gasteiger partial charge in [-0.3, -0.25) is 0 Å². The van der Waals surface area contributed by atoms with Crippen molar-refractivity contribution < 1.29 is 8.78 Å². The van der Waals surface area contributed by atoms with Crippen molar-refractivity contribution in [2.24, 2.45) is 12.8 Å². The predicted octanol–water partition coefficient (Wildman–Crippen LogP) is 2.63. The molecule has 2 rings (SSSR count). The zero-order chi connectivity index (χ0) is 13.3. The Bertz CT molecular complexity index is 581. The van der Waals surface area contributed by atoms with Gasteiger partial charge in [-0.05, 0) is 40.7 Å². The maximum absolute atomic E-state index is 13.2. The van der Waals surface area contributed by atoms with Crippen LogP contribution in [0.3, 0.4) is 0 Å². The quantitative estimate of drug-likeness (QED) is 0.946. The van der Waals surface area contributed by atoms with Gasteiger partial charge in [-0.15, -0.1) is 0 Å². The molecular formula is C12H12BrF2N3. The fraction of sp³-hybridized carbons (Fsp3) is 0.250. The highest BCUT2D eigenvalue weighted by Gasteiger charge is 2.15. The summed E-state index contributed by atoms with van der Waals surface area (Å²) < 4.78 is 28.6. The average molecular weight is 316 g/mol. The second-order valence-corrected chi connectivity index (χ2v) is 4.65. The summed E-state index contributed by atoms with van der Waals surface area (Å²) in [6, 6.07) is 3.78. The highest BCUT2D eigenvalue weighted by atomic mass is 79.9. The Labute approximate surface area is 112 Å². The van der Waals surface area contributed by atoms with Crippen molar-refractivity contribution in [2.75, 3.05) is 6.54 Å². The fourth-order valence-corrected chi connectivity index (χ4v) is 2.52. The summed E-state index contributed by atoms with van der Waals surface area (Å²) in [7, 11) is 1.82. The molecule has 0 saturated carbocycles. The number of imidazole rings is 1. The minimum atomic E-state index is -0.874. The highest BCUT2D eigenvalue weighted by Crippen LogP contribution is 2.29. The van der Waals surface area contributed by atoms with Gasteiger partial charge in [0.15, 0.2) is 11.6 Å². The number of hydrogen-bond acceptors (Lipinski definition) is 2. The first-order valence-electron chi connectivity index (χ1n) is 5.41. The standard InChI is InChI=1S/C12H12BrF2N3/c1-18-10(4-5-16)17-12(13)11(18)7-2-3-8(14)9(15)6-7/h2-3,6H,4-5,16H2,1H3. The number of nitrogens with two attached hydrogens (primary N) is 1. The SMILES string of the molecule is Cn1c(CCN)nc(Br)c1-c1ccc(F)c(F)c1. The summed E-state index contributed by atoms with van der Waals surface area (Å²) in [4.78, 5) is 4.31. The zero-order valence-electron chi connectivity index (χ0n) is 9.75. The van der Waals surface area contributed by atoms with E-state index in [4.69, 9.17) is 5.73 Å². The molecule has 0 aliphatic carbocycles. The lowest BCUT2D eigenvalue weighted by molar-refractivity contribution is 0.509. The zero-order valence-corrected chi connectivity index (χ0v) is 11.3. The number of benzene rings is 1. The molecule has 6 heteroatoms. The van der Waals surface area contributed by atoms with Crippen LogP contribution in [0.15, 0.2) is 22.8 Å². The van der Waals surface area contributed by atoms with Gasteiger partial charge in [0, 0.05) is 19.0 Å². The molecule has 0 aliphatic heterocycles. The molecular weight excluding hydrogens is 304 g/mol. The molecule has 1 aromatic carbocycles. The summed E-state index contributed by atoms with van der Waals surface area (Å²) >= 11 is 3.33. The van der Waals surface area contributed by atoms with Gasteiger partial charge in [-0.25, -0.2) is 13.8 Å². The van der Waals surface area contributed by atoms with Gasteiger partial charge >= 0.3 is 0 Å². The number of halogens is 3. The van der Waals surface area contributed by atoms with E-state index >= 15 is 0 Å². The summed E-state index contributed by atoms with van der Waals surface area (Å²) in [5.74, 6) is -0.940. The summed E-state index contributed by atoms with van der Waals surface area (Å²) in [5, 5.41) is 0. The molecule has 0 aliphatic rings. The molecule has 0 saturated heterocycles. The summed E-state index contributed by atoms with van der Waals surface area (Å²) in [6.45, 7) is 0.481. The van der Waals surface area contributed by atoms with Crippen LogP contribution in [0.2, 0.25) is 0 Å². The van der Waals surface area contributed by atoms with Crippen molar-refractivity contribution in [3.8, 4) is 11.3 Å². The predicted molar refractivity (Wildman–Crippen MR) is 69.0 cm³/mol. The van der Waals surface area contributed by atoms with E-state index in [1.165, 1.54) is 6.07 Å². The van der Waals surface area contributed by atoms with E-state index in [0.717, 1.165) is 18.0 Å². The Kier molecular flexibility index (Phi) is 3.77. The van der Waals surface area contributed by atoms with Crippen molar-refractivity contribution in [1.29, 1.82) is 0 Å². The second kappa shape index (κ2) is 5.16. The van der Waals surface area contributed by atoms with E-state index in [0.29, 0.717) is 28.8 Å². The topological polar surface area (TPSA) is 43.8 Å². The molecule has 0 radical (unpaired) electrons. The van der Waals surface area contributed by atoms with Crippen molar-refractivity contribution in [3.05, 3.63) is 40.3 Å². The number of rotatable bonds is 3. The molecule has 2 aromatic rings. The van der Waals surface area contributed by atoms with E-state index in [1.54, 1.807) is 0 Å². The third kappa shape index (κ3) is 2.30. The van der Waals surface area contributed by atoms with Gasteiger partial charge < -0.3 is 10.3 Å². The van der Waals surface area contributed by atoms with Crippen LogP contribution in [0.25, 0.3) is 11.3 Å². The Morgan fingerprint density at radius 2 is 2.06 bits per heavy atom. The van der Waals surface area contributed by atoms with Crippen molar-refractivity contribution in [1.82, 2.24) is 9.55 Å². The molecule has 18 heavy (non-hydrogen) atoms. The lowest BCUT2D eigenvalue weighted by Crippen LogP contribution is -2.08. The van der Waals surface area contributed by atoms with Crippen LogP contribution in [0.5, 0.6) is 0 Å². The molecule has 96 valence electrons. The monoisotopic (exact) mass is 315 g/mol. The van der Waals surface area contributed by atoms with E-state index in [-0.39, 0.29) is 0 Å². The normalized spacial score (nSPS) is 10.9. The molecule has 2 N–H and O–H groups in total. The van der Waals surface area contributed by atoms with Crippen LogP contribution in [0.4, 0.5) is 8.78 Å². The minimum absolute atomic E-state index is 0.481. The van der Waals surface area contributed by atoms with Gasteiger partial charge in [0.25, 0.3) is 0 Å². The fourth-order valence-electron chi connectivity index (χ4n) is 1.82. The van der Waals surface area contributed by atoms with Crippen molar-refractivity contribution >= 4 is 15.9 Å². The van der Waals surface area contributed by atoms with E-state index in [1.807, 2.05) is 11.6 Å². The van der Waals surface area contributed by atoms with Gasteiger partial charge in [0.05, 0.1) is 5.69 Å². The minimum Gasteiger partial charge on any atom is -0.330 e. The molecule has 1 aromatic heterocycles. The van der Waals surface area contributed by atoms with Crippen LogP contribution in [-0.2, 0) is 13.5 Å². The first-order chi connectivity index (χ1) is 8.54. The molecule has 0 bridgehead atoms. The van der Waals surface area contributed by atoms with Crippen LogP contribution in [0.1, 0.15) is 5.82 Å². The smallest absolute Gasteiger partial charge is 0.159 e. The van der Waals surface area contributed by atoms with Crippen molar-refractivity contribution in [3.63, 3.8) is 0 Å². The Morgan fingerprint density at radius 1 is 1.33 bits per heavy atom. The van der Waals surface area contributed by atoms with Gasteiger partial charge in [-0.2, -0.15) is 0 Å². The maximum atomic E-state index is 13.2. The van der Waals surface area contributed by atoms with Crippen LogP contribution >= 0.6 is 15.9 Å². The van der Waals surface area contributed by atoms with Crippen LogP contribution < -0.4 is 5.73 Å². The summed E-state index contributed by atoms with van der Waals surface area (Å²) in [5.41, 5.74) is 6.77. The largest absolute Gasteiger partial charge is 0.330 e. The van der Waals surface area contributed by atoms with E-state index in [2.05, 4.69) is 20.9 Å². The Balaban J connectivity index is 2.53. The van der Waals surface area contributed by atoms with Crippen LogP contribution in [0, 0.1) is 11.6 Å². The number of aromatic nitrogens is 2. The van der Waals surface area contributed by atoms with Crippen LogP contribution in [-0.4, -0.2) is 16.1 Å². The third-order valence-electron chi connectivity index (χ3n) is 2.71. The Morgan fingerprint density at radius 3 is 2.67 bits per heavy atom. The lowest BCUT2D eigenvalue weighted by atomic mass is 10.1. The lowest BCUT2D eigenvalue weighted by Gasteiger charge is -2.06. The molecule has 0 spiro atoms. The molecule has 0 atom stereocenters. The average Bonchev–Trinajstić information content (AvgIpc) is 2.59. The number of nitrogens with zero attached hydrogens (tertiary/aromatic N) is 2. The maximum Gasteiger partial charge on any atom is 0.159 e.